The van der Waals surface area contributed by atoms with E-state index in [9.17, 15) is 14.7 Å². The van der Waals surface area contributed by atoms with Gasteiger partial charge in [0.1, 0.15) is 31.2 Å². The summed E-state index contributed by atoms with van der Waals surface area (Å²) in [7, 11) is 0. The number of amides is 1. The van der Waals surface area contributed by atoms with Gasteiger partial charge in [-0.15, -0.1) is 0 Å². The minimum atomic E-state index is -0.714. The first kappa shape index (κ1) is 26.0. The molecular formula is C30H30ClN2O5+. The van der Waals surface area contributed by atoms with Crippen LogP contribution in [0.5, 0.6) is 5.75 Å². The fourth-order valence-electron chi connectivity index (χ4n) is 4.90. The maximum absolute atomic E-state index is 13.3. The average molecular weight is 534 g/mol. The number of quaternary nitrogens is 1. The van der Waals surface area contributed by atoms with Crippen molar-refractivity contribution >= 4 is 29.1 Å². The Labute approximate surface area is 226 Å². The molecule has 7 nitrogen and oxygen atoms in total. The van der Waals surface area contributed by atoms with Gasteiger partial charge in [0.25, 0.3) is 11.7 Å². The number of carbonyl (C=O) groups excluding carboxylic acids is 2. The number of nitrogens with one attached hydrogen (secondary N) is 1. The van der Waals surface area contributed by atoms with Crippen molar-refractivity contribution in [2.45, 2.75) is 12.6 Å². The molecule has 2 fully saturated rings. The molecule has 1 amide bonds. The lowest BCUT2D eigenvalue weighted by Crippen LogP contribution is -3.14. The van der Waals surface area contributed by atoms with Gasteiger partial charge in [-0.2, -0.15) is 0 Å². The SMILES string of the molecule is O=C1C(=O)N(CC[NH+]2CCOCC2)[C@@H](c2ccc(OCc3ccccc3)cc2)C1=C(O)c1ccc(Cl)cc1. The van der Waals surface area contributed by atoms with Crippen LogP contribution in [-0.4, -0.2) is 61.1 Å². The van der Waals surface area contributed by atoms with Crippen LogP contribution in [0.4, 0.5) is 0 Å². The number of benzene rings is 3. The minimum absolute atomic E-state index is 0.0762. The van der Waals surface area contributed by atoms with E-state index in [1.54, 1.807) is 29.2 Å². The molecule has 2 N–H and O–H groups in total. The summed E-state index contributed by atoms with van der Waals surface area (Å²) in [6, 6.07) is 23.1. The maximum Gasteiger partial charge on any atom is 0.295 e. The summed E-state index contributed by atoms with van der Waals surface area (Å²) in [4.78, 5) is 29.4. The summed E-state index contributed by atoms with van der Waals surface area (Å²) >= 11 is 6.02. The Bertz CT molecular complexity index is 1300. The molecule has 3 aromatic carbocycles. The number of nitrogens with zero attached hydrogens (tertiary/aromatic N) is 1. The van der Waals surface area contributed by atoms with Gasteiger partial charge in [0, 0.05) is 10.6 Å². The number of carbonyl (C=O) groups is 2. The molecule has 0 spiro atoms. The number of ether oxygens (including phenoxy) is 2. The number of aliphatic hydroxyl groups excluding tert-OH is 1. The second-order valence-corrected chi connectivity index (χ2v) is 9.89. The highest BCUT2D eigenvalue weighted by Crippen LogP contribution is 2.39. The second kappa shape index (κ2) is 11.8. The van der Waals surface area contributed by atoms with Crippen LogP contribution in [0.25, 0.3) is 5.76 Å². The molecule has 0 unspecified atom stereocenters. The smallest absolute Gasteiger partial charge is 0.295 e. The first-order valence-corrected chi connectivity index (χ1v) is 13.1. The van der Waals surface area contributed by atoms with Crippen molar-refractivity contribution in [3.05, 3.63) is 106 Å². The molecule has 5 rings (SSSR count). The van der Waals surface area contributed by atoms with Crippen molar-refractivity contribution in [1.29, 1.82) is 0 Å². The predicted molar refractivity (Wildman–Crippen MR) is 144 cm³/mol. The lowest BCUT2D eigenvalue weighted by atomic mass is 9.95. The van der Waals surface area contributed by atoms with Crippen molar-refractivity contribution in [3.8, 4) is 5.75 Å². The van der Waals surface area contributed by atoms with Crippen LogP contribution in [0, 0.1) is 0 Å². The highest BCUT2D eigenvalue weighted by atomic mass is 35.5. The third-order valence-corrected chi connectivity index (χ3v) is 7.26. The summed E-state index contributed by atoms with van der Waals surface area (Å²) in [5.41, 5.74) is 2.29. The summed E-state index contributed by atoms with van der Waals surface area (Å²) < 4.78 is 11.4. The highest BCUT2D eigenvalue weighted by molar-refractivity contribution is 6.46. The van der Waals surface area contributed by atoms with E-state index < -0.39 is 17.7 Å². The predicted octanol–water partition coefficient (Wildman–Crippen LogP) is 3.26. The zero-order chi connectivity index (χ0) is 26.5. The number of hydrogen-bond acceptors (Lipinski definition) is 5. The van der Waals surface area contributed by atoms with Gasteiger partial charge in [-0.25, -0.2) is 0 Å². The van der Waals surface area contributed by atoms with E-state index in [-0.39, 0.29) is 11.3 Å². The zero-order valence-corrected chi connectivity index (χ0v) is 21.7. The van der Waals surface area contributed by atoms with Gasteiger partial charge in [-0.3, -0.25) is 9.59 Å². The van der Waals surface area contributed by atoms with Crippen LogP contribution in [-0.2, 0) is 20.9 Å². The zero-order valence-electron chi connectivity index (χ0n) is 20.9. The van der Waals surface area contributed by atoms with Crippen LogP contribution in [0.3, 0.4) is 0 Å². The van der Waals surface area contributed by atoms with Gasteiger partial charge in [-0.1, -0.05) is 54.1 Å². The van der Waals surface area contributed by atoms with E-state index in [1.807, 2.05) is 54.6 Å². The van der Waals surface area contributed by atoms with Crippen LogP contribution in [0.15, 0.2) is 84.4 Å². The first-order chi connectivity index (χ1) is 18.5. The third-order valence-electron chi connectivity index (χ3n) is 7.01. The number of likely N-dealkylation sites (tertiary alicyclic amines) is 1. The fraction of sp³-hybridized carbons (Fsp3) is 0.267. The number of rotatable bonds is 8. The first-order valence-electron chi connectivity index (χ1n) is 12.7. The van der Waals surface area contributed by atoms with E-state index in [0.717, 1.165) is 24.2 Å². The number of aliphatic hydroxyl groups is 1. The maximum atomic E-state index is 13.3. The molecule has 0 saturated carbocycles. The molecule has 2 saturated heterocycles. The Morgan fingerprint density at radius 3 is 2.34 bits per heavy atom. The summed E-state index contributed by atoms with van der Waals surface area (Å²) in [6.45, 7) is 4.56. The van der Waals surface area contributed by atoms with E-state index in [2.05, 4.69) is 0 Å². The van der Waals surface area contributed by atoms with E-state index in [1.165, 1.54) is 4.90 Å². The van der Waals surface area contributed by atoms with Gasteiger partial charge in [0.2, 0.25) is 0 Å². The number of Topliss-reactive ketones (excluding diaryl/α,β-unsaturated/α-hetero) is 1. The Hall–Kier alpha value is -3.65. The lowest BCUT2D eigenvalue weighted by Gasteiger charge is -2.29. The fourth-order valence-corrected chi connectivity index (χ4v) is 5.02. The second-order valence-electron chi connectivity index (χ2n) is 9.46. The standard InChI is InChI=1S/C30H29ClN2O5/c31-24-10-6-23(7-11-24)28(34)26-27(33(30(36)29(26)35)15-14-32-16-18-37-19-17-32)22-8-12-25(13-9-22)38-20-21-4-2-1-3-5-21/h1-13,27,34H,14-20H2/p+1/t27-/m0/s1. The largest absolute Gasteiger partial charge is 0.507 e. The van der Waals surface area contributed by atoms with Crippen molar-refractivity contribution in [2.24, 2.45) is 0 Å². The molecule has 196 valence electrons. The molecule has 2 aliphatic rings. The van der Waals surface area contributed by atoms with Gasteiger partial charge >= 0.3 is 0 Å². The van der Waals surface area contributed by atoms with Crippen molar-refractivity contribution in [3.63, 3.8) is 0 Å². The molecule has 2 aliphatic heterocycles. The minimum Gasteiger partial charge on any atom is -0.507 e. The van der Waals surface area contributed by atoms with E-state index in [0.29, 0.717) is 49.2 Å². The topological polar surface area (TPSA) is 80.5 Å². The van der Waals surface area contributed by atoms with Gasteiger partial charge in [0.05, 0.1) is 37.9 Å². The average Bonchev–Trinajstić information content (AvgIpc) is 3.21. The molecule has 0 aromatic heterocycles. The molecule has 2 heterocycles. The molecule has 0 radical (unpaired) electrons. The quantitative estimate of drug-likeness (QED) is 0.264. The Morgan fingerprint density at radius 2 is 1.66 bits per heavy atom. The van der Waals surface area contributed by atoms with Crippen LogP contribution in [0.1, 0.15) is 22.7 Å². The summed E-state index contributed by atoms with van der Waals surface area (Å²) in [5.74, 6) is -0.841. The molecule has 0 aliphatic carbocycles. The van der Waals surface area contributed by atoms with Gasteiger partial charge in [-0.05, 0) is 47.5 Å². The van der Waals surface area contributed by atoms with Crippen LogP contribution < -0.4 is 9.64 Å². The number of hydrogen-bond donors (Lipinski definition) is 2. The van der Waals surface area contributed by atoms with Crippen LogP contribution in [0.2, 0.25) is 5.02 Å². The molecular weight excluding hydrogens is 504 g/mol. The van der Waals surface area contributed by atoms with Crippen molar-refractivity contribution < 1.29 is 29.1 Å². The molecule has 8 heteroatoms. The van der Waals surface area contributed by atoms with Crippen LogP contribution >= 0.6 is 11.6 Å². The molecule has 0 bridgehead atoms. The normalized spacial score (nSPS) is 19.6. The Kier molecular flexibility index (Phi) is 8.08. The Balaban J connectivity index is 1.44. The molecule has 38 heavy (non-hydrogen) atoms. The third kappa shape index (κ3) is 5.75. The number of ketones is 1. The summed E-state index contributed by atoms with van der Waals surface area (Å²) in [6.07, 6.45) is 0. The Morgan fingerprint density at radius 1 is 0.974 bits per heavy atom. The monoisotopic (exact) mass is 533 g/mol. The van der Waals surface area contributed by atoms with E-state index >= 15 is 0 Å². The van der Waals surface area contributed by atoms with E-state index in [4.69, 9.17) is 21.1 Å². The lowest BCUT2D eigenvalue weighted by molar-refractivity contribution is -0.907. The van der Waals surface area contributed by atoms with Crippen molar-refractivity contribution in [2.75, 3.05) is 39.4 Å². The highest BCUT2D eigenvalue weighted by Gasteiger charge is 2.46. The molecule has 1 atom stereocenters. The summed E-state index contributed by atoms with van der Waals surface area (Å²) in [5, 5.41) is 11.7. The van der Waals surface area contributed by atoms with Gasteiger partial charge < -0.3 is 24.4 Å². The van der Waals surface area contributed by atoms with Gasteiger partial charge in [0.15, 0.2) is 0 Å². The molecule has 3 aromatic rings. The van der Waals surface area contributed by atoms with Crippen molar-refractivity contribution in [1.82, 2.24) is 4.90 Å². The number of morpholine rings is 1. The number of halogens is 1.